The van der Waals surface area contributed by atoms with Crippen LogP contribution in [0.4, 0.5) is 0 Å². The van der Waals surface area contributed by atoms with Crippen LogP contribution in [-0.2, 0) is 11.2 Å². The van der Waals surface area contributed by atoms with Crippen molar-refractivity contribution in [3.05, 3.63) is 46.3 Å². The maximum atomic E-state index is 8.13. The molecule has 4 heteroatoms. The molecule has 0 aromatic heterocycles. The molecule has 1 atom stereocenters. The molecule has 1 aromatic carbocycles. The number of benzene rings is 1. The zero-order valence-electron chi connectivity index (χ0n) is 8.13. The fraction of sp³-hybridized carbons (Fsp3) is 0.400. The highest BCUT2D eigenvalue weighted by atomic mass is 16.5. The van der Waals surface area contributed by atoms with Crippen LogP contribution in [0.3, 0.4) is 0 Å². The normalized spacial score (nSPS) is 11.8. The average Bonchev–Trinajstić information content (AvgIpc) is 2.20. The molecule has 0 aliphatic rings. The highest BCUT2D eigenvalue weighted by molar-refractivity contribution is 5.14. The summed E-state index contributed by atoms with van der Waals surface area (Å²) in [4.78, 5) is 2.66. The summed E-state index contributed by atoms with van der Waals surface area (Å²) in [5.41, 5.74) is 9.35. The van der Waals surface area contributed by atoms with Gasteiger partial charge in [0.15, 0.2) is 0 Å². The molecule has 14 heavy (non-hydrogen) atoms. The summed E-state index contributed by atoms with van der Waals surface area (Å²) < 4.78 is 5.27. The number of ether oxygens (including phenoxy) is 1. The molecule has 1 rings (SSSR count). The van der Waals surface area contributed by atoms with Crippen LogP contribution in [0.5, 0.6) is 0 Å². The molecule has 0 aliphatic heterocycles. The smallest absolute Gasteiger partial charge is 0.133 e. The van der Waals surface area contributed by atoms with Crippen LogP contribution in [-0.4, -0.2) is 12.8 Å². The summed E-state index contributed by atoms with van der Waals surface area (Å²) in [6, 6.07) is 10.1. The Morgan fingerprint density at radius 3 is 2.79 bits per heavy atom. The van der Waals surface area contributed by atoms with E-state index in [-0.39, 0.29) is 6.23 Å². The van der Waals surface area contributed by atoms with E-state index >= 15 is 0 Å². The predicted octanol–water partition coefficient (Wildman–Crippen LogP) is 2.90. The summed E-state index contributed by atoms with van der Waals surface area (Å²) in [7, 11) is 0. The van der Waals surface area contributed by atoms with Gasteiger partial charge in [0, 0.05) is 4.91 Å². The molecular formula is C10H13N3O. The summed E-state index contributed by atoms with van der Waals surface area (Å²) in [5, 5.41) is 3.41. The van der Waals surface area contributed by atoms with Crippen molar-refractivity contribution in [2.75, 3.05) is 6.61 Å². The highest BCUT2D eigenvalue weighted by Crippen LogP contribution is 2.01. The van der Waals surface area contributed by atoms with Gasteiger partial charge in [0.25, 0.3) is 0 Å². The van der Waals surface area contributed by atoms with E-state index in [0.717, 1.165) is 6.42 Å². The first-order valence-corrected chi connectivity index (χ1v) is 4.52. The van der Waals surface area contributed by atoms with Gasteiger partial charge in [-0.25, -0.2) is 0 Å². The first-order valence-electron chi connectivity index (χ1n) is 4.52. The molecule has 0 saturated heterocycles. The lowest BCUT2D eigenvalue weighted by Crippen LogP contribution is -2.06. The van der Waals surface area contributed by atoms with Crippen LogP contribution in [0.25, 0.3) is 10.4 Å². The van der Waals surface area contributed by atoms with Gasteiger partial charge in [-0.15, -0.1) is 0 Å². The molecule has 0 amide bonds. The van der Waals surface area contributed by atoms with Gasteiger partial charge in [0.2, 0.25) is 0 Å². The van der Waals surface area contributed by atoms with Crippen LogP contribution >= 0.6 is 0 Å². The standard InChI is InChI=1S/C10H13N3O/c1-9(12-13-11)14-8-7-10-5-3-2-4-6-10/h2-6,9H,7-8H2,1H3. The lowest BCUT2D eigenvalue weighted by atomic mass is 10.2. The molecule has 1 aromatic rings. The monoisotopic (exact) mass is 191 g/mol. The third-order valence-electron chi connectivity index (χ3n) is 1.81. The van der Waals surface area contributed by atoms with Crippen molar-refractivity contribution < 1.29 is 4.74 Å². The van der Waals surface area contributed by atoms with Crippen LogP contribution in [0.1, 0.15) is 12.5 Å². The number of nitrogens with zero attached hydrogens (tertiary/aromatic N) is 3. The van der Waals surface area contributed by atoms with Crippen LogP contribution in [0.15, 0.2) is 35.4 Å². The van der Waals surface area contributed by atoms with Crippen LogP contribution < -0.4 is 0 Å². The fourth-order valence-corrected chi connectivity index (χ4v) is 1.10. The second-order valence-corrected chi connectivity index (χ2v) is 2.91. The second-order valence-electron chi connectivity index (χ2n) is 2.91. The molecule has 4 nitrogen and oxygen atoms in total. The molecule has 0 heterocycles. The Balaban J connectivity index is 2.25. The van der Waals surface area contributed by atoms with Gasteiger partial charge in [-0.1, -0.05) is 35.4 Å². The second kappa shape index (κ2) is 6.02. The molecule has 0 saturated carbocycles. The van der Waals surface area contributed by atoms with E-state index in [1.807, 2.05) is 30.3 Å². The Labute approximate surface area is 83.1 Å². The Morgan fingerprint density at radius 2 is 2.14 bits per heavy atom. The maximum Gasteiger partial charge on any atom is 0.133 e. The predicted molar refractivity (Wildman–Crippen MR) is 54.7 cm³/mol. The zero-order valence-corrected chi connectivity index (χ0v) is 8.13. The minimum Gasteiger partial charge on any atom is -0.372 e. The van der Waals surface area contributed by atoms with Gasteiger partial charge in [-0.05, 0) is 24.4 Å². The largest absolute Gasteiger partial charge is 0.372 e. The van der Waals surface area contributed by atoms with Crippen LogP contribution in [0, 0.1) is 0 Å². The Morgan fingerprint density at radius 1 is 1.43 bits per heavy atom. The summed E-state index contributed by atoms with van der Waals surface area (Å²) in [6.07, 6.45) is 0.454. The molecule has 0 N–H and O–H groups in total. The molecule has 1 unspecified atom stereocenters. The van der Waals surface area contributed by atoms with Gasteiger partial charge in [-0.2, -0.15) is 0 Å². The van der Waals surface area contributed by atoms with Crippen molar-refractivity contribution in [3.63, 3.8) is 0 Å². The van der Waals surface area contributed by atoms with E-state index in [2.05, 4.69) is 10.0 Å². The molecule has 0 radical (unpaired) electrons. The Hall–Kier alpha value is -1.51. The van der Waals surface area contributed by atoms with Gasteiger partial charge in [0.05, 0.1) is 6.61 Å². The van der Waals surface area contributed by atoms with Gasteiger partial charge < -0.3 is 4.74 Å². The Kier molecular flexibility index (Phi) is 4.55. The summed E-state index contributed by atoms with van der Waals surface area (Å²) in [5.74, 6) is 0. The first-order chi connectivity index (χ1) is 6.83. The third kappa shape index (κ3) is 3.94. The van der Waals surface area contributed by atoms with E-state index in [9.17, 15) is 0 Å². The van der Waals surface area contributed by atoms with Gasteiger partial charge in [0.1, 0.15) is 6.23 Å². The molecule has 0 bridgehead atoms. The highest BCUT2D eigenvalue weighted by Gasteiger charge is 1.97. The third-order valence-corrected chi connectivity index (χ3v) is 1.81. The minimum atomic E-state index is -0.385. The fourth-order valence-electron chi connectivity index (χ4n) is 1.10. The Bertz CT molecular complexity index is 306. The van der Waals surface area contributed by atoms with Crippen molar-refractivity contribution in [2.45, 2.75) is 19.6 Å². The van der Waals surface area contributed by atoms with E-state index in [0.29, 0.717) is 6.61 Å². The average molecular weight is 191 g/mol. The molecule has 0 fully saturated rings. The van der Waals surface area contributed by atoms with Crippen molar-refractivity contribution in [3.8, 4) is 0 Å². The maximum absolute atomic E-state index is 8.13. The summed E-state index contributed by atoms with van der Waals surface area (Å²) >= 11 is 0. The van der Waals surface area contributed by atoms with E-state index < -0.39 is 0 Å². The van der Waals surface area contributed by atoms with Crippen molar-refractivity contribution in [1.29, 1.82) is 0 Å². The minimum absolute atomic E-state index is 0.385. The quantitative estimate of drug-likeness (QED) is 0.401. The van der Waals surface area contributed by atoms with Crippen molar-refractivity contribution in [2.24, 2.45) is 5.11 Å². The van der Waals surface area contributed by atoms with Crippen molar-refractivity contribution in [1.82, 2.24) is 0 Å². The molecule has 0 spiro atoms. The SMILES string of the molecule is CC(N=[N+]=[N-])OCCc1ccccc1. The lowest BCUT2D eigenvalue weighted by Gasteiger charge is -2.06. The molecule has 0 aliphatic carbocycles. The number of hydrogen-bond acceptors (Lipinski definition) is 2. The summed E-state index contributed by atoms with van der Waals surface area (Å²) in [6.45, 7) is 2.30. The van der Waals surface area contributed by atoms with Crippen molar-refractivity contribution >= 4 is 0 Å². The number of azide groups is 1. The zero-order chi connectivity index (χ0) is 10.2. The van der Waals surface area contributed by atoms with Crippen LogP contribution in [0.2, 0.25) is 0 Å². The molecule has 74 valence electrons. The van der Waals surface area contributed by atoms with Gasteiger partial charge in [-0.3, -0.25) is 0 Å². The van der Waals surface area contributed by atoms with Gasteiger partial charge >= 0.3 is 0 Å². The topological polar surface area (TPSA) is 58.0 Å². The van der Waals surface area contributed by atoms with E-state index in [1.165, 1.54) is 5.56 Å². The number of hydrogen-bond donors (Lipinski definition) is 0. The van der Waals surface area contributed by atoms with E-state index in [1.54, 1.807) is 6.92 Å². The van der Waals surface area contributed by atoms with E-state index in [4.69, 9.17) is 10.3 Å². The molecular weight excluding hydrogens is 178 g/mol. The number of rotatable bonds is 5. The first kappa shape index (κ1) is 10.6. The lowest BCUT2D eigenvalue weighted by molar-refractivity contribution is 0.0733.